The van der Waals surface area contributed by atoms with Gasteiger partial charge in [0.2, 0.25) is 0 Å². The fraction of sp³-hybridized carbons (Fsp3) is 0.500. The van der Waals surface area contributed by atoms with E-state index in [4.69, 9.17) is 26.3 Å². The number of nitrogens with one attached hydrogen (secondary N) is 1. The maximum absolute atomic E-state index is 9.11. The molecule has 2 atom stereocenters. The van der Waals surface area contributed by atoms with Crippen LogP contribution >= 0.6 is 11.6 Å². The molecule has 0 spiro atoms. The summed E-state index contributed by atoms with van der Waals surface area (Å²) in [6, 6.07) is 6.04. The van der Waals surface area contributed by atoms with Crippen molar-refractivity contribution in [2.24, 2.45) is 5.92 Å². The Kier molecular flexibility index (Phi) is 4.39. The van der Waals surface area contributed by atoms with Gasteiger partial charge in [0.25, 0.3) is 0 Å². The lowest BCUT2D eigenvalue weighted by Gasteiger charge is -2.20. The topological polar surface area (TPSA) is 54.3 Å². The van der Waals surface area contributed by atoms with Gasteiger partial charge in [-0.25, -0.2) is 0 Å². The van der Waals surface area contributed by atoms with E-state index in [0.717, 1.165) is 24.9 Å². The van der Waals surface area contributed by atoms with Crippen LogP contribution in [0.15, 0.2) is 12.1 Å². The normalized spacial score (nSPS) is 21.8. The van der Waals surface area contributed by atoms with Gasteiger partial charge < -0.3 is 14.8 Å². The van der Waals surface area contributed by atoms with Gasteiger partial charge in [-0.1, -0.05) is 11.6 Å². The highest BCUT2D eigenvalue weighted by atomic mass is 35.5. The summed E-state index contributed by atoms with van der Waals surface area (Å²) >= 11 is 6.13. The molecule has 0 bridgehead atoms. The number of nitrogens with zero attached hydrogens (tertiary/aromatic N) is 1. The van der Waals surface area contributed by atoms with Crippen molar-refractivity contribution in [1.82, 2.24) is 0 Å². The number of hydrogen-bond donors (Lipinski definition) is 1. The maximum Gasteiger partial charge on any atom is 0.145 e. The van der Waals surface area contributed by atoms with Gasteiger partial charge in [0.05, 0.1) is 36.9 Å². The summed E-state index contributed by atoms with van der Waals surface area (Å²) in [5.41, 5.74) is 0.806. The zero-order chi connectivity index (χ0) is 13.8. The summed E-state index contributed by atoms with van der Waals surface area (Å²) in [4.78, 5) is 0. The molecule has 19 heavy (non-hydrogen) atoms. The molecule has 0 saturated heterocycles. The number of anilines is 1. The Morgan fingerprint density at radius 1 is 1.26 bits per heavy atom. The third-order valence-corrected chi connectivity index (χ3v) is 3.79. The highest BCUT2D eigenvalue weighted by Gasteiger charge is 2.27. The summed E-state index contributed by atoms with van der Waals surface area (Å²) in [7, 11) is 3.17. The minimum absolute atomic E-state index is 0.0468. The lowest BCUT2D eigenvalue weighted by Crippen LogP contribution is -2.23. The smallest absolute Gasteiger partial charge is 0.145 e. The SMILES string of the molecule is COc1cc(OC)c(NC2CCCC2C#N)cc1Cl. The Bertz CT molecular complexity index is 499. The highest BCUT2D eigenvalue weighted by Crippen LogP contribution is 2.38. The van der Waals surface area contributed by atoms with Gasteiger partial charge in [0.1, 0.15) is 11.5 Å². The van der Waals surface area contributed by atoms with Crippen LogP contribution in [0.4, 0.5) is 5.69 Å². The molecule has 0 amide bonds. The van der Waals surface area contributed by atoms with Crippen LogP contribution in [0, 0.1) is 17.2 Å². The first-order valence-corrected chi connectivity index (χ1v) is 6.65. The second-order valence-corrected chi connectivity index (χ2v) is 5.01. The van der Waals surface area contributed by atoms with Gasteiger partial charge in [-0.2, -0.15) is 5.26 Å². The number of rotatable bonds is 4. The standard InChI is InChI=1S/C14H17ClN2O2/c1-18-13-7-14(19-2)12(6-10(13)15)17-11-5-3-4-9(11)8-16/h6-7,9,11,17H,3-5H2,1-2H3. The minimum Gasteiger partial charge on any atom is -0.495 e. The Labute approximate surface area is 118 Å². The lowest BCUT2D eigenvalue weighted by molar-refractivity contribution is 0.395. The molecule has 1 N–H and O–H groups in total. The first-order chi connectivity index (χ1) is 9.19. The van der Waals surface area contributed by atoms with Gasteiger partial charge in [0, 0.05) is 12.1 Å². The third-order valence-electron chi connectivity index (χ3n) is 3.50. The van der Waals surface area contributed by atoms with Crippen molar-refractivity contribution in [3.63, 3.8) is 0 Å². The molecule has 4 nitrogen and oxygen atoms in total. The van der Waals surface area contributed by atoms with Crippen LogP contribution in [0.3, 0.4) is 0 Å². The lowest BCUT2D eigenvalue weighted by atomic mass is 10.1. The number of benzene rings is 1. The zero-order valence-electron chi connectivity index (χ0n) is 11.1. The second-order valence-electron chi connectivity index (χ2n) is 4.60. The molecule has 5 heteroatoms. The molecule has 2 rings (SSSR count). The Hall–Kier alpha value is -1.60. The minimum atomic E-state index is 0.0468. The number of ether oxygens (including phenoxy) is 2. The molecule has 0 aromatic heterocycles. The number of hydrogen-bond acceptors (Lipinski definition) is 4. The van der Waals surface area contributed by atoms with Gasteiger partial charge in [-0.05, 0) is 25.3 Å². The molecule has 1 aliphatic rings. The van der Waals surface area contributed by atoms with Crippen molar-refractivity contribution in [3.05, 3.63) is 17.2 Å². The van der Waals surface area contributed by atoms with Crippen LogP contribution < -0.4 is 14.8 Å². The summed E-state index contributed by atoms with van der Waals surface area (Å²) in [5, 5.41) is 13.0. The average molecular weight is 281 g/mol. The monoisotopic (exact) mass is 280 g/mol. The van der Waals surface area contributed by atoms with Crippen LogP contribution in [0.5, 0.6) is 11.5 Å². The molecule has 1 aromatic carbocycles. The van der Waals surface area contributed by atoms with E-state index in [-0.39, 0.29) is 12.0 Å². The van der Waals surface area contributed by atoms with Gasteiger partial charge in [-0.15, -0.1) is 0 Å². The zero-order valence-corrected chi connectivity index (χ0v) is 11.8. The molecule has 1 aromatic rings. The van der Waals surface area contributed by atoms with E-state index >= 15 is 0 Å². The molecule has 1 saturated carbocycles. The van der Waals surface area contributed by atoms with E-state index in [9.17, 15) is 0 Å². The Morgan fingerprint density at radius 3 is 2.63 bits per heavy atom. The molecule has 0 heterocycles. The summed E-state index contributed by atoms with van der Waals surface area (Å²) in [6.45, 7) is 0. The first-order valence-electron chi connectivity index (χ1n) is 6.27. The van der Waals surface area contributed by atoms with E-state index in [2.05, 4.69) is 11.4 Å². The van der Waals surface area contributed by atoms with E-state index in [1.165, 1.54) is 0 Å². The van der Waals surface area contributed by atoms with Crippen LogP contribution in [-0.2, 0) is 0 Å². The summed E-state index contributed by atoms with van der Waals surface area (Å²) in [6.07, 6.45) is 3.01. The predicted molar refractivity (Wildman–Crippen MR) is 74.9 cm³/mol. The quantitative estimate of drug-likeness (QED) is 0.918. The largest absolute Gasteiger partial charge is 0.495 e. The van der Waals surface area contributed by atoms with Crippen LogP contribution in [0.2, 0.25) is 5.02 Å². The van der Waals surface area contributed by atoms with Crippen molar-refractivity contribution in [2.75, 3.05) is 19.5 Å². The Morgan fingerprint density at radius 2 is 2.00 bits per heavy atom. The molecule has 102 valence electrons. The van der Waals surface area contributed by atoms with Crippen LogP contribution in [0.1, 0.15) is 19.3 Å². The van der Waals surface area contributed by atoms with Gasteiger partial charge in [-0.3, -0.25) is 0 Å². The second kappa shape index (κ2) is 6.03. The predicted octanol–water partition coefficient (Wildman–Crippen LogP) is 3.46. The maximum atomic E-state index is 9.11. The molecule has 0 aliphatic heterocycles. The molecular formula is C14H17ClN2O2. The van der Waals surface area contributed by atoms with Crippen LogP contribution in [0.25, 0.3) is 0 Å². The molecule has 0 radical (unpaired) electrons. The van der Waals surface area contributed by atoms with E-state index in [0.29, 0.717) is 16.5 Å². The van der Waals surface area contributed by atoms with E-state index < -0.39 is 0 Å². The van der Waals surface area contributed by atoms with E-state index in [1.54, 1.807) is 26.4 Å². The van der Waals surface area contributed by atoms with Crippen molar-refractivity contribution in [2.45, 2.75) is 25.3 Å². The van der Waals surface area contributed by atoms with E-state index in [1.807, 2.05) is 0 Å². The van der Waals surface area contributed by atoms with Crippen molar-refractivity contribution >= 4 is 17.3 Å². The third kappa shape index (κ3) is 2.87. The fourth-order valence-electron chi connectivity index (χ4n) is 2.46. The number of methoxy groups -OCH3 is 2. The van der Waals surface area contributed by atoms with Crippen molar-refractivity contribution in [1.29, 1.82) is 5.26 Å². The number of nitriles is 1. The summed E-state index contributed by atoms with van der Waals surface area (Å²) < 4.78 is 10.5. The molecule has 2 unspecified atom stereocenters. The molecule has 1 fully saturated rings. The molecule has 1 aliphatic carbocycles. The van der Waals surface area contributed by atoms with Crippen molar-refractivity contribution in [3.8, 4) is 17.6 Å². The summed E-state index contributed by atoms with van der Waals surface area (Å²) in [5.74, 6) is 1.29. The highest BCUT2D eigenvalue weighted by molar-refractivity contribution is 6.32. The fourth-order valence-corrected chi connectivity index (χ4v) is 2.70. The molecular weight excluding hydrogens is 264 g/mol. The Balaban J connectivity index is 2.24. The van der Waals surface area contributed by atoms with Gasteiger partial charge in [0.15, 0.2) is 0 Å². The van der Waals surface area contributed by atoms with Crippen LogP contribution in [-0.4, -0.2) is 20.3 Å². The van der Waals surface area contributed by atoms with Gasteiger partial charge >= 0.3 is 0 Å². The average Bonchev–Trinajstić information content (AvgIpc) is 2.86. The number of halogens is 1. The van der Waals surface area contributed by atoms with Crippen molar-refractivity contribution < 1.29 is 9.47 Å². The first kappa shape index (κ1) is 13.8.